The Hall–Kier alpha value is -1.44. The van der Waals surface area contributed by atoms with Crippen LogP contribution in [0.4, 0.5) is 27.6 Å². The van der Waals surface area contributed by atoms with Crippen LogP contribution < -0.4 is 5.32 Å². The SMILES string of the molecule is Cc1cc(NC(O)C(F)(F)C(F)(F)F)cc(C)n1. The van der Waals surface area contributed by atoms with Crippen LogP contribution in [0.25, 0.3) is 0 Å². The molecule has 1 heterocycles. The van der Waals surface area contributed by atoms with Gasteiger partial charge in [0, 0.05) is 17.1 Å². The molecule has 0 spiro atoms. The fourth-order valence-electron chi connectivity index (χ4n) is 1.32. The molecule has 1 atom stereocenters. The minimum absolute atomic E-state index is 0.0589. The third kappa shape index (κ3) is 3.06. The number of hydrogen-bond donors (Lipinski definition) is 2. The summed E-state index contributed by atoms with van der Waals surface area (Å²) in [5, 5.41) is 10.7. The fourth-order valence-corrected chi connectivity index (χ4v) is 1.32. The summed E-state index contributed by atoms with van der Waals surface area (Å²) in [5.41, 5.74) is 0.802. The van der Waals surface area contributed by atoms with Gasteiger partial charge in [0.05, 0.1) is 0 Å². The standard InChI is InChI=1S/C10H11F5N2O/c1-5-3-7(4-6(2)16-5)17-8(18)9(11,12)10(13,14)15/h3-4,8,18H,1-2H3,(H,16,17). The van der Waals surface area contributed by atoms with Crippen molar-refractivity contribution >= 4 is 5.69 Å². The molecule has 1 rings (SSSR count). The van der Waals surface area contributed by atoms with Gasteiger partial charge in [0.1, 0.15) is 0 Å². The van der Waals surface area contributed by atoms with E-state index in [2.05, 4.69) is 4.98 Å². The maximum absolute atomic E-state index is 12.8. The second-order valence-electron chi connectivity index (χ2n) is 3.81. The third-order valence-electron chi connectivity index (χ3n) is 2.11. The largest absolute Gasteiger partial charge is 0.458 e. The van der Waals surface area contributed by atoms with Gasteiger partial charge in [0.25, 0.3) is 0 Å². The predicted octanol–water partition coefficient (Wildman–Crippen LogP) is 2.63. The van der Waals surface area contributed by atoms with E-state index in [1.807, 2.05) is 0 Å². The average molecular weight is 270 g/mol. The third-order valence-corrected chi connectivity index (χ3v) is 2.11. The summed E-state index contributed by atoms with van der Waals surface area (Å²) >= 11 is 0. The van der Waals surface area contributed by atoms with Gasteiger partial charge < -0.3 is 10.4 Å². The summed E-state index contributed by atoms with van der Waals surface area (Å²) in [5.74, 6) is -5.24. The predicted molar refractivity (Wildman–Crippen MR) is 54.3 cm³/mol. The van der Waals surface area contributed by atoms with Crippen molar-refractivity contribution in [3.05, 3.63) is 23.5 Å². The Morgan fingerprint density at radius 2 is 1.56 bits per heavy atom. The lowest BCUT2D eigenvalue weighted by Gasteiger charge is -2.26. The van der Waals surface area contributed by atoms with Crippen LogP contribution >= 0.6 is 0 Å². The van der Waals surface area contributed by atoms with Crippen molar-refractivity contribution in [2.75, 3.05) is 5.32 Å². The zero-order valence-corrected chi connectivity index (χ0v) is 9.52. The number of aryl methyl sites for hydroxylation is 2. The Balaban J connectivity index is 2.91. The zero-order chi connectivity index (χ0) is 14.1. The van der Waals surface area contributed by atoms with Gasteiger partial charge in [-0.05, 0) is 26.0 Å². The highest BCUT2D eigenvalue weighted by Gasteiger charge is 2.62. The maximum Gasteiger partial charge on any atom is 0.458 e. The molecule has 0 aliphatic carbocycles. The molecule has 0 aromatic carbocycles. The van der Waals surface area contributed by atoms with Crippen molar-refractivity contribution < 1.29 is 27.1 Å². The van der Waals surface area contributed by atoms with Gasteiger partial charge in [-0.1, -0.05) is 0 Å². The fraction of sp³-hybridized carbons (Fsp3) is 0.500. The van der Waals surface area contributed by atoms with Gasteiger partial charge in [0.15, 0.2) is 6.23 Å². The van der Waals surface area contributed by atoms with Crippen molar-refractivity contribution in [1.29, 1.82) is 0 Å². The van der Waals surface area contributed by atoms with Gasteiger partial charge in [0.2, 0.25) is 0 Å². The van der Waals surface area contributed by atoms with Crippen LogP contribution in [-0.2, 0) is 0 Å². The highest BCUT2D eigenvalue weighted by molar-refractivity contribution is 5.45. The molecule has 102 valence electrons. The smallest absolute Gasteiger partial charge is 0.368 e. The van der Waals surface area contributed by atoms with Crippen LogP contribution in [-0.4, -0.2) is 28.4 Å². The quantitative estimate of drug-likeness (QED) is 0.655. The molecule has 1 aromatic rings. The molecule has 1 unspecified atom stereocenters. The Bertz CT molecular complexity index is 413. The van der Waals surface area contributed by atoms with Gasteiger partial charge in [-0.3, -0.25) is 4.98 Å². The number of alkyl halides is 5. The molecule has 0 saturated heterocycles. The van der Waals surface area contributed by atoms with Gasteiger partial charge in [-0.2, -0.15) is 22.0 Å². The maximum atomic E-state index is 12.8. The van der Waals surface area contributed by atoms with Crippen LogP contribution in [0, 0.1) is 13.8 Å². The van der Waals surface area contributed by atoms with E-state index in [0.29, 0.717) is 11.4 Å². The number of nitrogens with one attached hydrogen (secondary N) is 1. The lowest BCUT2D eigenvalue weighted by atomic mass is 10.2. The van der Waals surface area contributed by atoms with Crippen LogP contribution in [0.15, 0.2) is 12.1 Å². The number of hydrogen-bond acceptors (Lipinski definition) is 3. The van der Waals surface area contributed by atoms with E-state index < -0.39 is 18.3 Å². The van der Waals surface area contributed by atoms with E-state index in [1.165, 1.54) is 12.1 Å². The van der Waals surface area contributed by atoms with Crippen LogP contribution in [0.2, 0.25) is 0 Å². The van der Waals surface area contributed by atoms with E-state index in [9.17, 15) is 22.0 Å². The first-order valence-electron chi connectivity index (χ1n) is 4.88. The molecular weight excluding hydrogens is 259 g/mol. The number of rotatable bonds is 3. The van der Waals surface area contributed by atoms with Crippen molar-refractivity contribution in [3.63, 3.8) is 0 Å². The molecule has 0 amide bonds. The molecule has 18 heavy (non-hydrogen) atoms. The first-order valence-corrected chi connectivity index (χ1v) is 4.88. The van der Waals surface area contributed by atoms with E-state index in [0.717, 1.165) is 0 Å². The Kier molecular flexibility index (Phi) is 3.80. The molecule has 3 nitrogen and oxygen atoms in total. The number of pyridine rings is 1. The zero-order valence-electron chi connectivity index (χ0n) is 9.52. The molecule has 1 aromatic heterocycles. The number of halogens is 5. The summed E-state index contributed by atoms with van der Waals surface area (Å²) in [6.45, 7) is 3.10. The first-order chi connectivity index (χ1) is 8.04. The molecule has 0 radical (unpaired) electrons. The number of aliphatic hydroxyl groups is 1. The van der Waals surface area contributed by atoms with Crippen LogP contribution in [0.3, 0.4) is 0 Å². The highest BCUT2D eigenvalue weighted by Crippen LogP contribution is 2.38. The van der Waals surface area contributed by atoms with Crippen LogP contribution in [0.5, 0.6) is 0 Å². The number of aromatic nitrogens is 1. The van der Waals surface area contributed by atoms with Crippen molar-refractivity contribution in [2.24, 2.45) is 0 Å². The lowest BCUT2D eigenvalue weighted by molar-refractivity contribution is -0.308. The number of nitrogens with zero attached hydrogens (tertiary/aromatic N) is 1. The second-order valence-corrected chi connectivity index (χ2v) is 3.81. The van der Waals surface area contributed by atoms with Gasteiger partial charge in [-0.25, -0.2) is 0 Å². The van der Waals surface area contributed by atoms with Crippen LogP contribution in [0.1, 0.15) is 11.4 Å². The summed E-state index contributed by atoms with van der Waals surface area (Å²) < 4.78 is 61.5. The summed E-state index contributed by atoms with van der Waals surface area (Å²) in [6.07, 6.45) is -8.88. The first kappa shape index (κ1) is 14.6. The summed E-state index contributed by atoms with van der Waals surface area (Å²) in [4.78, 5) is 3.92. The van der Waals surface area contributed by atoms with Crippen molar-refractivity contribution in [2.45, 2.75) is 32.2 Å². The minimum Gasteiger partial charge on any atom is -0.368 e. The lowest BCUT2D eigenvalue weighted by Crippen LogP contribution is -2.50. The van der Waals surface area contributed by atoms with Crippen molar-refractivity contribution in [1.82, 2.24) is 4.98 Å². The normalized spacial score (nSPS) is 14.4. The average Bonchev–Trinajstić information content (AvgIpc) is 2.13. The molecule has 0 saturated carbocycles. The van der Waals surface area contributed by atoms with E-state index >= 15 is 0 Å². The molecule has 0 aliphatic heterocycles. The molecule has 8 heteroatoms. The summed E-state index contributed by atoms with van der Waals surface area (Å²) in [6, 6.07) is 2.51. The molecule has 0 fully saturated rings. The minimum atomic E-state index is -5.82. The Morgan fingerprint density at radius 3 is 1.94 bits per heavy atom. The molecular formula is C10H11F5N2O. The highest BCUT2D eigenvalue weighted by atomic mass is 19.4. The number of aliphatic hydroxyl groups excluding tert-OH is 1. The van der Waals surface area contributed by atoms with E-state index in [1.54, 1.807) is 19.2 Å². The molecule has 0 bridgehead atoms. The Labute approximate surface area is 99.6 Å². The van der Waals surface area contributed by atoms with Gasteiger partial charge >= 0.3 is 12.1 Å². The Morgan fingerprint density at radius 1 is 1.11 bits per heavy atom. The second kappa shape index (κ2) is 4.68. The van der Waals surface area contributed by atoms with E-state index in [-0.39, 0.29) is 5.69 Å². The molecule has 2 N–H and O–H groups in total. The number of anilines is 1. The monoisotopic (exact) mass is 270 g/mol. The summed E-state index contributed by atoms with van der Waals surface area (Å²) in [7, 11) is 0. The molecule has 0 aliphatic rings. The van der Waals surface area contributed by atoms with Gasteiger partial charge in [-0.15, -0.1) is 0 Å². The van der Waals surface area contributed by atoms with E-state index in [4.69, 9.17) is 5.11 Å². The topological polar surface area (TPSA) is 45.1 Å². The van der Waals surface area contributed by atoms with Crippen molar-refractivity contribution in [3.8, 4) is 0 Å².